The lowest BCUT2D eigenvalue weighted by molar-refractivity contribution is -0.136. The molecular formula is C8H14N2O2S. The first kappa shape index (κ1) is 10.4. The number of hydrogen-bond donors (Lipinski definition) is 2. The van der Waals surface area contributed by atoms with Crippen molar-refractivity contribution in [2.75, 3.05) is 6.54 Å². The molecule has 5 heteroatoms. The number of nitrogens with zero attached hydrogens (tertiary/aromatic N) is 1. The Morgan fingerprint density at radius 1 is 1.62 bits per heavy atom. The fourth-order valence-corrected chi connectivity index (χ4v) is 1.71. The average Bonchev–Trinajstić information content (AvgIpc) is 2.50. The molecule has 2 N–H and O–H groups in total. The highest BCUT2D eigenvalue weighted by molar-refractivity contribution is 7.81. The van der Waals surface area contributed by atoms with Crippen LogP contribution in [0.3, 0.4) is 0 Å². The third-order valence-electron chi connectivity index (χ3n) is 2.22. The highest BCUT2D eigenvalue weighted by atomic mass is 32.1. The second kappa shape index (κ2) is 4.00. The lowest BCUT2D eigenvalue weighted by atomic mass is 10.2. The fraction of sp³-hybridized carbons (Fsp3) is 0.750. The van der Waals surface area contributed by atoms with Crippen LogP contribution in [-0.4, -0.2) is 34.6 Å². The van der Waals surface area contributed by atoms with E-state index in [1.165, 1.54) is 4.90 Å². The smallest absolute Gasteiger partial charge is 0.240 e. The Balaban J connectivity index is 2.68. The molecule has 0 saturated carbocycles. The minimum Gasteiger partial charge on any atom is -0.368 e. The lowest BCUT2D eigenvalue weighted by Crippen LogP contribution is -2.46. The normalized spacial score (nSPS) is 24.5. The summed E-state index contributed by atoms with van der Waals surface area (Å²) in [7, 11) is 0. The van der Waals surface area contributed by atoms with E-state index in [9.17, 15) is 9.59 Å². The summed E-state index contributed by atoms with van der Waals surface area (Å²) in [4.78, 5) is 24.0. The van der Waals surface area contributed by atoms with Gasteiger partial charge in [-0.25, -0.2) is 0 Å². The topological polar surface area (TPSA) is 63.4 Å². The number of thiol groups is 1. The maximum absolute atomic E-state index is 11.5. The monoisotopic (exact) mass is 202 g/mol. The number of carbonyl (C=O) groups is 2. The van der Waals surface area contributed by atoms with Gasteiger partial charge in [-0.15, -0.1) is 0 Å². The van der Waals surface area contributed by atoms with Gasteiger partial charge in [-0.3, -0.25) is 9.59 Å². The summed E-state index contributed by atoms with van der Waals surface area (Å²) in [5.74, 6) is -0.524. The summed E-state index contributed by atoms with van der Waals surface area (Å²) < 4.78 is 0. The second-order valence-electron chi connectivity index (χ2n) is 3.27. The molecule has 0 aromatic carbocycles. The van der Waals surface area contributed by atoms with Crippen LogP contribution >= 0.6 is 12.6 Å². The number of amides is 2. The van der Waals surface area contributed by atoms with E-state index in [0.717, 1.165) is 6.42 Å². The zero-order valence-electron chi connectivity index (χ0n) is 7.56. The van der Waals surface area contributed by atoms with Crippen molar-refractivity contribution in [2.45, 2.75) is 31.1 Å². The Kier molecular flexibility index (Phi) is 3.19. The van der Waals surface area contributed by atoms with Gasteiger partial charge in [0.05, 0.1) is 5.25 Å². The standard InChI is InChI=1S/C8H14N2O2S/c1-5(13)8(12)10-4-2-3-6(10)7(9)11/h5-6,13H,2-4H2,1H3,(H2,9,11). The molecule has 1 fully saturated rings. The Morgan fingerprint density at radius 3 is 2.69 bits per heavy atom. The predicted octanol–water partition coefficient (Wildman–Crippen LogP) is -0.219. The van der Waals surface area contributed by atoms with E-state index in [1.54, 1.807) is 6.92 Å². The van der Waals surface area contributed by atoms with Crippen molar-refractivity contribution in [3.8, 4) is 0 Å². The Morgan fingerprint density at radius 2 is 2.23 bits per heavy atom. The van der Waals surface area contributed by atoms with Crippen molar-refractivity contribution in [1.29, 1.82) is 0 Å². The number of likely N-dealkylation sites (tertiary alicyclic amines) is 1. The molecule has 2 amide bonds. The molecule has 2 atom stereocenters. The Hall–Kier alpha value is -0.710. The maximum atomic E-state index is 11.5. The van der Waals surface area contributed by atoms with Crippen LogP contribution in [0.4, 0.5) is 0 Å². The highest BCUT2D eigenvalue weighted by Gasteiger charge is 2.33. The van der Waals surface area contributed by atoms with Gasteiger partial charge < -0.3 is 10.6 Å². The summed E-state index contributed by atoms with van der Waals surface area (Å²) in [5.41, 5.74) is 5.17. The first-order valence-corrected chi connectivity index (χ1v) is 4.83. The van der Waals surface area contributed by atoms with Gasteiger partial charge >= 0.3 is 0 Å². The van der Waals surface area contributed by atoms with Gasteiger partial charge in [0.25, 0.3) is 0 Å². The molecule has 74 valence electrons. The second-order valence-corrected chi connectivity index (χ2v) is 4.04. The molecule has 0 aromatic rings. The van der Waals surface area contributed by atoms with Gasteiger partial charge in [0.2, 0.25) is 11.8 Å². The minimum atomic E-state index is -0.417. The van der Waals surface area contributed by atoms with E-state index in [-0.39, 0.29) is 11.2 Å². The van der Waals surface area contributed by atoms with Crippen LogP contribution in [0, 0.1) is 0 Å². The molecule has 1 aliphatic rings. The van der Waals surface area contributed by atoms with E-state index >= 15 is 0 Å². The summed E-state index contributed by atoms with van der Waals surface area (Å²) in [6, 6.07) is -0.415. The number of primary amides is 1. The van der Waals surface area contributed by atoms with Crippen molar-refractivity contribution < 1.29 is 9.59 Å². The lowest BCUT2D eigenvalue weighted by Gasteiger charge is -2.23. The molecule has 0 spiro atoms. The molecule has 13 heavy (non-hydrogen) atoms. The molecule has 0 bridgehead atoms. The van der Waals surface area contributed by atoms with Crippen LogP contribution in [0.5, 0.6) is 0 Å². The first-order chi connectivity index (χ1) is 6.04. The van der Waals surface area contributed by atoms with Gasteiger partial charge in [0.1, 0.15) is 6.04 Å². The van der Waals surface area contributed by atoms with Crippen molar-refractivity contribution in [2.24, 2.45) is 5.73 Å². The zero-order chi connectivity index (χ0) is 10.0. The molecule has 1 rings (SSSR count). The van der Waals surface area contributed by atoms with E-state index < -0.39 is 11.9 Å². The summed E-state index contributed by atoms with van der Waals surface area (Å²) in [5, 5.41) is -0.361. The van der Waals surface area contributed by atoms with Crippen molar-refractivity contribution >= 4 is 24.4 Å². The van der Waals surface area contributed by atoms with Crippen molar-refractivity contribution in [3.05, 3.63) is 0 Å². The summed E-state index contributed by atoms with van der Waals surface area (Å²) in [6.07, 6.45) is 1.53. The van der Waals surface area contributed by atoms with Crippen molar-refractivity contribution in [1.82, 2.24) is 4.90 Å². The largest absolute Gasteiger partial charge is 0.368 e. The summed E-state index contributed by atoms with van der Waals surface area (Å²) >= 11 is 4.03. The number of hydrogen-bond acceptors (Lipinski definition) is 3. The zero-order valence-corrected chi connectivity index (χ0v) is 8.46. The van der Waals surface area contributed by atoms with Crippen LogP contribution in [0.15, 0.2) is 0 Å². The molecule has 0 aliphatic carbocycles. The molecule has 0 radical (unpaired) electrons. The van der Waals surface area contributed by atoms with Crippen LogP contribution in [-0.2, 0) is 9.59 Å². The third-order valence-corrected chi connectivity index (χ3v) is 2.44. The SMILES string of the molecule is CC(S)C(=O)N1CCCC1C(N)=O. The van der Waals surface area contributed by atoms with Gasteiger partial charge in [0, 0.05) is 6.54 Å². The maximum Gasteiger partial charge on any atom is 0.240 e. The molecule has 2 unspecified atom stereocenters. The van der Waals surface area contributed by atoms with Crippen LogP contribution in [0.2, 0.25) is 0 Å². The number of rotatable bonds is 2. The van der Waals surface area contributed by atoms with Crippen LogP contribution in [0.25, 0.3) is 0 Å². The van der Waals surface area contributed by atoms with Gasteiger partial charge in [-0.1, -0.05) is 0 Å². The molecule has 1 heterocycles. The third kappa shape index (κ3) is 2.15. The molecule has 1 aliphatic heterocycles. The first-order valence-electron chi connectivity index (χ1n) is 4.32. The van der Waals surface area contributed by atoms with Gasteiger partial charge in [0.15, 0.2) is 0 Å². The molecular weight excluding hydrogens is 188 g/mol. The molecule has 0 aromatic heterocycles. The fourth-order valence-electron chi connectivity index (χ4n) is 1.57. The van der Waals surface area contributed by atoms with Crippen LogP contribution in [0.1, 0.15) is 19.8 Å². The van der Waals surface area contributed by atoms with E-state index in [2.05, 4.69) is 12.6 Å². The summed E-state index contributed by atoms with van der Waals surface area (Å²) in [6.45, 7) is 2.32. The quantitative estimate of drug-likeness (QED) is 0.608. The number of carbonyl (C=O) groups excluding carboxylic acids is 2. The van der Waals surface area contributed by atoms with E-state index in [0.29, 0.717) is 13.0 Å². The predicted molar refractivity (Wildman–Crippen MR) is 52.4 cm³/mol. The average molecular weight is 202 g/mol. The minimum absolute atomic E-state index is 0.107. The van der Waals surface area contributed by atoms with Gasteiger partial charge in [-0.2, -0.15) is 12.6 Å². The van der Waals surface area contributed by atoms with Gasteiger partial charge in [-0.05, 0) is 19.8 Å². The Labute approximate surface area is 82.9 Å². The van der Waals surface area contributed by atoms with Crippen LogP contribution < -0.4 is 5.73 Å². The Bertz CT molecular complexity index is 230. The van der Waals surface area contributed by atoms with Crippen molar-refractivity contribution in [3.63, 3.8) is 0 Å². The molecule has 1 saturated heterocycles. The number of nitrogens with two attached hydrogens (primary N) is 1. The molecule has 4 nitrogen and oxygen atoms in total. The highest BCUT2D eigenvalue weighted by Crippen LogP contribution is 2.18. The van der Waals surface area contributed by atoms with E-state index in [1.807, 2.05) is 0 Å². The van der Waals surface area contributed by atoms with E-state index in [4.69, 9.17) is 5.73 Å².